The van der Waals surface area contributed by atoms with Gasteiger partial charge in [0.25, 0.3) is 5.91 Å². The standard InChI is InChI=1S/C18H23N5O2/c1-5-11(2)19-18(25)16-10-17(21-12(3)20-16)23-15-8-6-7-14(9-15)22-13(4)24/h6-11H,5H2,1-4H3,(H,19,25)(H,22,24)(H,20,21,23). The summed E-state index contributed by atoms with van der Waals surface area (Å²) in [7, 11) is 0. The lowest BCUT2D eigenvalue weighted by molar-refractivity contribution is -0.114. The second-order valence-corrected chi connectivity index (χ2v) is 5.86. The fourth-order valence-electron chi connectivity index (χ4n) is 2.17. The molecule has 1 unspecified atom stereocenters. The van der Waals surface area contributed by atoms with Crippen molar-refractivity contribution in [3.05, 3.63) is 41.9 Å². The number of carbonyl (C=O) groups excluding carboxylic acids is 2. The largest absolute Gasteiger partial charge is 0.348 e. The molecule has 1 aromatic heterocycles. The van der Waals surface area contributed by atoms with E-state index >= 15 is 0 Å². The smallest absolute Gasteiger partial charge is 0.270 e. The van der Waals surface area contributed by atoms with Crippen molar-refractivity contribution in [1.29, 1.82) is 0 Å². The van der Waals surface area contributed by atoms with Crippen LogP contribution in [0.5, 0.6) is 0 Å². The van der Waals surface area contributed by atoms with Crippen molar-refractivity contribution in [3.8, 4) is 0 Å². The number of aromatic nitrogens is 2. The Morgan fingerprint density at radius 3 is 2.56 bits per heavy atom. The maximum absolute atomic E-state index is 12.3. The lowest BCUT2D eigenvalue weighted by Gasteiger charge is -2.13. The molecule has 2 rings (SSSR count). The van der Waals surface area contributed by atoms with Crippen LogP contribution in [0.2, 0.25) is 0 Å². The summed E-state index contributed by atoms with van der Waals surface area (Å²) in [5.41, 5.74) is 1.74. The second-order valence-electron chi connectivity index (χ2n) is 5.86. The van der Waals surface area contributed by atoms with Crippen molar-refractivity contribution in [3.63, 3.8) is 0 Å². The number of nitrogens with zero attached hydrogens (tertiary/aromatic N) is 2. The first kappa shape index (κ1) is 18.4. The fourth-order valence-corrected chi connectivity index (χ4v) is 2.17. The van der Waals surface area contributed by atoms with Gasteiger partial charge in [-0.1, -0.05) is 13.0 Å². The molecule has 0 aliphatic heterocycles. The van der Waals surface area contributed by atoms with E-state index in [0.29, 0.717) is 23.0 Å². The number of hydrogen-bond acceptors (Lipinski definition) is 5. The van der Waals surface area contributed by atoms with Crippen LogP contribution in [0, 0.1) is 6.92 Å². The first-order valence-electron chi connectivity index (χ1n) is 8.18. The number of benzene rings is 1. The van der Waals surface area contributed by atoms with Crippen LogP contribution >= 0.6 is 0 Å². The van der Waals surface area contributed by atoms with E-state index in [4.69, 9.17) is 0 Å². The van der Waals surface area contributed by atoms with Crippen molar-refractivity contribution < 1.29 is 9.59 Å². The average molecular weight is 341 g/mol. The van der Waals surface area contributed by atoms with E-state index < -0.39 is 0 Å². The number of carbonyl (C=O) groups is 2. The fraction of sp³-hybridized carbons (Fsp3) is 0.333. The van der Waals surface area contributed by atoms with Gasteiger partial charge in [-0.25, -0.2) is 9.97 Å². The third-order valence-electron chi connectivity index (χ3n) is 3.52. The Kier molecular flexibility index (Phi) is 6.05. The summed E-state index contributed by atoms with van der Waals surface area (Å²) in [6, 6.07) is 8.93. The van der Waals surface area contributed by atoms with E-state index in [2.05, 4.69) is 25.9 Å². The predicted molar refractivity (Wildman–Crippen MR) is 98.0 cm³/mol. The first-order valence-corrected chi connectivity index (χ1v) is 8.18. The normalized spacial score (nSPS) is 11.5. The molecule has 1 atom stereocenters. The Balaban J connectivity index is 2.20. The van der Waals surface area contributed by atoms with Crippen LogP contribution in [-0.2, 0) is 4.79 Å². The summed E-state index contributed by atoms with van der Waals surface area (Å²) in [5, 5.41) is 8.75. The Morgan fingerprint density at radius 2 is 1.88 bits per heavy atom. The van der Waals surface area contributed by atoms with Gasteiger partial charge in [0, 0.05) is 30.4 Å². The Labute approximate surface area is 147 Å². The summed E-state index contributed by atoms with van der Waals surface area (Å²) in [4.78, 5) is 31.9. The lowest BCUT2D eigenvalue weighted by Crippen LogP contribution is -2.32. The molecule has 0 bridgehead atoms. The van der Waals surface area contributed by atoms with Gasteiger partial charge in [0.1, 0.15) is 17.3 Å². The molecule has 0 saturated heterocycles. The molecule has 2 aromatic rings. The Bertz CT molecular complexity index is 776. The highest BCUT2D eigenvalue weighted by Crippen LogP contribution is 2.19. The van der Waals surface area contributed by atoms with Gasteiger partial charge < -0.3 is 16.0 Å². The maximum atomic E-state index is 12.3. The van der Waals surface area contributed by atoms with E-state index in [1.165, 1.54) is 6.92 Å². The molecule has 0 aliphatic carbocycles. The molecule has 3 N–H and O–H groups in total. The number of aryl methyl sites for hydroxylation is 1. The SMILES string of the molecule is CCC(C)NC(=O)c1cc(Nc2cccc(NC(C)=O)c2)nc(C)n1. The third-order valence-corrected chi connectivity index (χ3v) is 3.52. The highest BCUT2D eigenvalue weighted by Gasteiger charge is 2.12. The van der Waals surface area contributed by atoms with E-state index in [-0.39, 0.29) is 17.9 Å². The van der Waals surface area contributed by atoms with Crippen LogP contribution in [0.1, 0.15) is 43.5 Å². The van der Waals surface area contributed by atoms with Crippen LogP contribution < -0.4 is 16.0 Å². The molecule has 0 saturated carbocycles. The molecular formula is C18H23N5O2. The Morgan fingerprint density at radius 1 is 1.16 bits per heavy atom. The molecule has 0 radical (unpaired) electrons. The summed E-state index contributed by atoms with van der Waals surface area (Å²) < 4.78 is 0. The molecule has 7 heteroatoms. The van der Waals surface area contributed by atoms with Crippen LogP contribution in [0.4, 0.5) is 17.2 Å². The number of hydrogen-bond donors (Lipinski definition) is 3. The van der Waals surface area contributed by atoms with Crippen molar-refractivity contribution in [1.82, 2.24) is 15.3 Å². The molecule has 0 aliphatic rings. The van der Waals surface area contributed by atoms with Gasteiger partial charge in [0.15, 0.2) is 0 Å². The zero-order chi connectivity index (χ0) is 18.4. The number of nitrogens with one attached hydrogen (secondary N) is 3. The van der Waals surface area contributed by atoms with Gasteiger partial charge >= 0.3 is 0 Å². The lowest BCUT2D eigenvalue weighted by atomic mass is 10.2. The number of amides is 2. The topological polar surface area (TPSA) is 96.0 Å². The van der Waals surface area contributed by atoms with Crippen molar-refractivity contribution >= 4 is 29.0 Å². The van der Waals surface area contributed by atoms with Crippen LogP contribution in [0.3, 0.4) is 0 Å². The van der Waals surface area contributed by atoms with Gasteiger partial charge in [-0.3, -0.25) is 9.59 Å². The van der Waals surface area contributed by atoms with Crippen molar-refractivity contribution in [2.24, 2.45) is 0 Å². The quantitative estimate of drug-likeness (QED) is 0.750. The maximum Gasteiger partial charge on any atom is 0.270 e. The molecule has 1 aromatic carbocycles. The molecule has 0 fully saturated rings. The van der Waals surface area contributed by atoms with Gasteiger partial charge in [-0.05, 0) is 38.5 Å². The molecule has 0 spiro atoms. The van der Waals surface area contributed by atoms with Gasteiger partial charge in [-0.15, -0.1) is 0 Å². The van der Waals surface area contributed by atoms with Crippen LogP contribution in [0.15, 0.2) is 30.3 Å². The molecule has 25 heavy (non-hydrogen) atoms. The summed E-state index contributed by atoms with van der Waals surface area (Å²) in [6.45, 7) is 7.14. The minimum absolute atomic E-state index is 0.0773. The van der Waals surface area contributed by atoms with Gasteiger partial charge in [-0.2, -0.15) is 0 Å². The minimum Gasteiger partial charge on any atom is -0.348 e. The first-order chi connectivity index (χ1) is 11.9. The predicted octanol–water partition coefficient (Wildman–Crippen LogP) is 3.02. The van der Waals surface area contributed by atoms with Crippen molar-refractivity contribution in [2.45, 2.75) is 40.2 Å². The summed E-state index contributed by atoms with van der Waals surface area (Å²) in [5.74, 6) is 0.646. The highest BCUT2D eigenvalue weighted by molar-refractivity contribution is 5.93. The zero-order valence-electron chi connectivity index (χ0n) is 14.9. The molecule has 7 nitrogen and oxygen atoms in total. The number of rotatable bonds is 6. The Hall–Kier alpha value is -2.96. The van der Waals surface area contributed by atoms with Gasteiger partial charge in [0.2, 0.25) is 5.91 Å². The average Bonchev–Trinajstić information content (AvgIpc) is 2.53. The molecule has 1 heterocycles. The zero-order valence-corrected chi connectivity index (χ0v) is 14.9. The second kappa shape index (κ2) is 8.23. The third kappa shape index (κ3) is 5.56. The van der Waals surface area contributed by atoms with E-state index in [1.54, 1.807) is 25.1 Å². The molecule has 132 valence electrons. The number of anilines is 3. The van der Waals surface area contributed by atoms with E-state index in [0.717, 1.165) is 12.1 Å². The summed E-state index contributed by atoms with van der Waals surface area (Å²) in [6.07, 6.45) is 0.844. The summed E-state index contributed by atoms with van der Waals surface area (Å²) >= 11 is 0. The van der Waals surface area contributed by atoms with Crippen molar-refractivity contribution in [2.75, 3.05) is 10.6 Å². The van der Waals surface area contributed by atoms with E-state index in [9.17, 15) is 9.59 Å². The minimum atomic E-state index is -0.227. The highest BCUT2D eigenvalue weighted by atomic mass is 16.2. The molecular weight excluding hydrogens is 318 g/mol. The monoisotopic (exact) mass is 341 g/mol. The van der Waals surface area contributed by atoms with Crippen LogP contribution in [0.25, 0.3) is 0 Å². The van der Waals surface area contributed by atoms with Crippen LogP contribution in [-0.4, -0.2) is 27.8 Å². The van der Waals surface area contributed by atoms with E-state index in [1.807, 2.05) is 26.0 Å². The molecule has 2 amide bonds. The van der Waals surface area contributed by atoms with Gasteiger partial charge in [0.05, 0.1) is 0 Å².